The third-order valence-electron chi connectivity index (χ3n) is 3.38. The number of aromatic amines is 1. The lowest BCUT2D eigenvalue weighted by molar-refractivity contribution is -0.118. The van der Waals surface area contributed by atoms with Crippen LogP contribution in [0.15, 0.2) is 41.1 Å². The summed E-state index contributed by atoms with van der Waals surface area (Å²) >= 11 is 0. The van der Waals surface area contributed by atoms with Crippen LogP contribution in [-0.2, 0) is 9.59 Å². The van der Waals surface area contributed by atoms with Crippen molar-refractivity contribution in [3.05, 3.63) is 41.6 Å². The van der Waals surface area contributed by atoms with E-state index in [0.717, 1.165) is 16.5 Å². The van der Waals surface area contributed by atoms with Gasteiger partial charge in [0.15, 0.2) is 0 Å². The molecule has 4 N–H and O–H groups in total. The van der Waals surface area contributed by atoms with Gasteiger partial charge in [0.1, 0.15) is 0 Å². The maximum absolute atomic E-state index is 11.9. The lowest BCUT2D eigenvalue weighted by atomic mass is 10.0. The number of rotatable bonds is 4. The normalized spacial score (nSPS) is 16.3. The van der Waals surface area contributed by atoms with Gasteiger partial charge < -0.3 is 10.7 Å². The molecule has 106 valence electrons. The van der Waals surface area contributed by atoms with Gasteiger partial charge in [-0.25, -0.2) is 5.43 Å². The molecule has 0 spiro atoms. The zero-order chi connectivity index (χ0) is 14.8. The highest BCUT2D eigenvalue weighted by molar-refractivity contribution is 6.28. The molecule has 0 saturated heterocycles. The van der Waals surface area contributed by atoms with Gasteiger partial charge in [-0.1, -0.05) is 18.2 Å². The second-order valence-electron chi connectivity index (χ2n) is 4.81. The number of amides is 2. The summed E-state index contributed by atoms with van der Waals surface area (Å²) in [6, 6.07) is 7.83. The van der Waals surface area contributed by atoms with Gasteiger partial charge in [-0.05, 0) is 12.1 Å². The predicted molar refractivity (Wildman–Crippen MR) is 80.3 cm³/mol. The second kappa shape index (κ2) is 5.24. The minimum atomic E-state index is -0.413. The lowest BCUT2D eigenvalue weighted by Crippen LogP contribution is -2.15. The largest absolute Gasteiger partial charge is 0.370 e. The molecular formula is C15H14N4O2. The number of nitrogens with two attached hydrogens (primary N) is 1. The number of hydrogen-bond acceptors (Lipinski definition) is 3. The first-order chi connectivity index (χ1) is 10.1. The number of aromatic nitrogens is 1. The fraction of sp³-hybridized carbons (Fsp3) is 0.133. The highest BCUT2D eigenvalue weighted by Crippen LogP contribution is 2.22. The number of hydrazone groups is 1. The van der Waals surface area contributed by atoms with Crippen molar-refractivity contribution in [1.29, 1.82) is 0 Å². The van der Waals surface area contributed by atoms with Crippen LogP contribution >= 0.6 is 0 Å². The molecule has 1 aromatic heterocycles. The summed E-state index contributed by atoms with van der Waals surface area (Å²) in [6.45, 7) is 0. The van der Waals surface area contributed by atoms with Gasteiger partial charge in [-0.15, -0.1) is 0 Å². The van der Waals surface area contributed by atoms with Gasteiger partial charge in [0.05, 0.1) is 11.3 Å². The second-order valence-corrected chi connectivity index (χ2v) is 4.81. The molecule has 3 rings (SSSR count). The number of nitrogens with one attached hydrogen (secondary N) is 2. The average molecular weight is 282 g/mol. The number of primary amides is 1. The number of carbonyl (C=O) groups is 2. The molecule has 0 unspecified atom stereocenters. The minimum absolute atomic E-state index is 0.166. The summed E-state index contributed by atoms with van der Waals surface area (Å²) in [4.78, 5) is 25.9. The highest BCUT2D eigenvalue weighted by Gasteiger charge is 2.23. The Morgan fingerprint density at radius 1 is 1.33 bits per heavy atom. The fourth-order valence-corrected chi connectivity index (χ4v) is 2.32. The van der Waals surface area contributed by atoms with Crippen LogP contribution in [0.5, 0.6) is 0 Å². The third kappa shape index (κ3) is 2.55. The van der Waals surface area contributed by atoms with E-state index in [2.05, 4.69) is 15.5 Å². The molecule has 21 heavy (non-hydrogen) atoms. The van der Waals surface area contributed by atoms with Crippen molar-refractivity contribution in [3.8, 4) is 0 Å². The molecule has 6 heteroatoms. The number of H-pyrrole nitrogens is 1. The maximum atomic E-state index is 11.9. The Bertz CT molecular complexity index is 786. The number of benzene rings is 1. The standard InChI is InChI=1S/C15H14N4O2/c16-14(20)6-5-13-11(15(21)19-18-13)7-9-8-17-12-4-2-1-3-10(9)12/h1-4,7-8,17H,5-6H2,(H2,16,20)(H,19,21). The highest BCUT2D eigenvalue weighted by atomic mass is 16.2. The molecule has 1 aromatic carbocycles. The zero-order valence-electron chi connectivity index (χ0n) is 11.2. The third-order valence-corrected chi connectivity index (χ3v) is 3.38. The number of nitrogens with zero attached hydrogens (tertiary/aromatic N) is 1. The van der Waals surface area contributed by atoms with Crippen LogP contribution in [-0.4, -0.2) is 22.5 Å². The molecule has 0 aliphatic carbocycles. The minimum Gasteiger partial charge on any atom is -0.370 e. The Labute approximate surface area is 120 Å². The van der Waals surface area contributed by atoms with Gasteiger partial charge in [0.2, 0.25) is 5.91 Å². The van der Waals surface area contributed by atoms with Crippen molar-refractivity contribution in [2.24, 2.45) is 10.8 Å². The Hall–Kier alpha value is -2.89. The van der Waals surface area contributed by atoms with E-state index in [1.54, 1.807) is 6.08 Å². The summed E-state index contributed by atoms with van der Waals surface area (Å²) in [5.41, 5.74) is 10.5. The van der Waals surface area contributed by atoms with Crippen LogP contribution in [0.25, 0.3) is 17.0 Å². The maximum Gasteiger partial charge on any atom is 0.273 e. The van der Waals surface area contributed by atoms with E-state index in [1.807, 2.05) is 30.5 Å². The number of hydrogen-bond donors (Lipinski definition) is 3. The van der Waals surface area contributed by atoms with Crippen molar-refractivity contribution in [2.45, 2.75) is 12.8 Å². The van der Waals surface area contributed by atoms with Crippen LogP contribution in [0, 0.1) is 0 Å². The first kappa shape index (κ1) is 13.1. The molecule has 0 fully saturated rings. The summed E-state index contributed by atoms with van der Waals surface area (Å²) < 4.78 is 0. The monoisotopic (exact) mass is 282 g/mol. The quantitative estimate of drug-likeness (QED) is 0.736. The topological polar surface area (TPSA) is 100 Å². The number of carbonyl (C=O) groups excluding carboxylic acids is 2. The Balaban J connectivity index is 1.95. The van der Waals surface area contributed by atoms with Gasteiger partial charge >= 0.3 is 0 Å². The predicted octanol–water partition coefficient (Wildman–Crippen LogP) is 1.30. The van der Waals surface area contributed by atoms with Crippen LogP contribution in [0.3, 0.4) is 0 Å². The van der Waals surface area contributed by atoms with E-state index in [4.69, 9.17) is 5.73 Å². The van der Waals surface area contributed by atoms with Crippen LogP contribution in [0.1, 0.15) is 18.4 Å². The van der Waals surface area contributed by atoms with Crippen molar-refractivity contribution >= 4 is 34.5 Å². The van der Waals surface area contributed by atoms with E-state index >= 15 is 0 Å². The van der Waals surface area contributed by atoms with E-state index in [1.165, 1.54) is 0 Å². The van der Waals surface area contributed by atoms with Gasteiger partial charge in [0.25, 0.3) is 5.91 Å². The van der Waals surface area contributed by atoms with E-state index in [-0.39, 0.29) is 12.3 Å². The lowest BCUT2D eigenvalue weighted by Gasteiger charge is -1.99. The first-order valence-corrected chi connectivity index (χ1v) is 6.58. The Kier molecular flexibility index (Phi) is 3.27. The molecule has 2 amide bonds. The summed E-state index contributed by atoms with van der Waals surface area (Å²) in [5, 5.41) is 4.99. The van der Waals surface area contributed by atoms with Crippen LogP contribution in [0.2, 0.25) is 0 Å². The molecule has 1 aliphatic heterocycles. The van der Waals surface area contributed by atoms with Gasteiger partial charge in [0, 0.05) is 35.5 Å². The molecule has 6 nitrogen and oxygen atoms in total. The van der Waals surface area contributed by atoms with Crippen molar-refractivity contribution in [3.63, 3.8) is 0 Å². The van der Waals surface area contributed by atoms with E-state index in [0.29, 0.717) is 17.7 Å². The zero-order valence-corrected chi connectivity index (χ0v) is 11.2. The molecular weight excluding hydrogens is 268 g/mol. The SMILES string of the molecule is NC(=O)CCC1=NNC(=O)C1=Cc1c[nH]c2ccccc12. The van der Waals surface area contributed by atoms with Gasteiger partial charge in [-0.3, -0.25) is 9.59 Å². The molecule has 0 atom stereocenters. The van der Waals surface area contributed by atoms with E-state index in [9.17, 15) is 9.59 Å². The Morgan fingerprint density at radius 2 is 2.14 bits per heavy atom. The van der Waals surface area contributed by atoms with Crippen LogP contribution in [0.4, 0.5) is 0 Å². The molecule has 2 aromatic rings. The first-order valence-electron chi connectivity index (χ1n) is 6.58. The van der Waals surface area contributed by atoms with Crippen LogP contribution < -0.4 is 11.2 Å². The van der Waals surface area contributed by atoms with Crippen molar-refractivity contribution in [2.75, 3.05) is 0 Å². The summed E-state index contributed by atoms with van der Waals surface area (Å²) in [6.07, 6.45) is 4.14. The number of fused-ring (bicyclic) bond motifs is 1. The molecule has 0 radical (unpaired) electrons. The van der Waals surface area contributed by atoms with Crippen molar-refractivity contribution < 1.29 is 9.59 Å². The molecule has 1 aliphatic rings. The smallest absolute Gasteiger partial charge is 0.273 e. The van der Waals surface area contributed by atoms with Crippen molar-refractivity contribution in [1.82, 2.24) is 10.4 Å². The Morgan fingerprint density at radius 3 is 2.95 bits per heavy atom. The average Bonchev–Trinajstić information content (AvgIpc) is 3.03. The van der Waals surface area contributed by atoms with Gasteiger partial charge in [-0.2, -0.15) is 5.10 Å². The van der Waals surface area contributed by atoms with E-state index < -0.39 is 5.91 Å². The molecule has 2 heterocycles. The summed E-state index contributed by atoms with van der Waals surface area (Å²) in [7, 11) is 0. The number of para-hydroxylation sites is 1. The molecule has 0 saturated carbocycles. The fourth-order valence-electron chi connectivity index (χ4n) is 2.32. The molecule has 0 bridgehead atoms. The summed E-state index contributed by atoms with van der Waals surface area (Å²) in [5.74, 6) is -0.678.